The third kappa shape index (κ3) is 6.48. The van der Waals surface area contributed by atoms with Gasteiger partial charge in [-0.25, -0.2) is 4.98 Å². The third-order valence-corrected chi connectivity index (χ3v) is 5.65. The van der Waals surface area contributed by atoms with Crippen LogP contribution >= 0.6 is 11.6 Å². The van der Waals surface area contributed by atoms with Gasteiger partial charge in [0.2, 0.25) is 0 Å². The van der Waals surface area contributed by atoms with Gasteiger partial charge in [0.15, 0.2) is 0 Å². The maximum atomic E-state index is 6.21. The summed E-state index contributed by atoms with van der Waals surface area (Å²) in [5, 5.41) is 0.716. The molecule has 0 unspecified atom stereocenters. The zero-order chi connectivity index (χ0) is 21.2. The fraction of sp³-hybridized carbons (Fsp3) is 0.480. The SMILES string of the molecule is CCCCN(CCCC)CCCn1c(COc2ccccc2)nc2cc(Cl)ccc21. The number of aryl methyl sites for hydroxylation is 1. The summed E-state index contributed by atoms with van der Waals surface area (Å²) >= 11 is 6.21. The first kappa shape index (κ1) is 22.6. The molecule has 3 rings (SSSR count). The van der Waals surface area contributed by atoms with Gasteiger partial charge >= 0.3 is 0 Å². The maximum Gasteiger partial charge on any atom is 0.147 e. The minimum Gasteiger partial charge on any atom is -0.486 e. The van der Waals surface area contributed by atoms with Crippen molar-refractivity contribution in [3.8, 4) is 5.75 Å². The lowest BCUT2D eigenvalue weighted by molar-refractivity contribution is 0.254. The molecule has 0 saturated heterocycles. The topological polar surface area (TPSA) is 30.3 Å². The molecule has 0 aliphatic rings. The molecular formula is C25H34ClN3O. The second-order valence-corrected chi connectivity index (χ2v) is 8.25. The molecule has 4 nitrogen and oxygen atoms in total. The predicted molar refractivity (Wildman–Crippen MR) is 126 cm³/mol. The van der Waals surface area contributed by atoms with Crippen LogP contribution < -0.4 is 4.74 Å². The molecule has 30 heavy (non-hydrogen) atoms. The van der Waals surface area contributed by atoms with Gasteiger partial charge in [0.25, 0.3) is 0 Å². The predicted octanol–water partition coefficient (Wildman–Crippen LogP) is 6.56. The van der Waals surface area contributed by atoms with Gasteiger partial charge in [-0.15, -0.1) is 0 Å². The van der Waals surface area contributed by atoms with Gasteiger partial charge < -0.3 is 14.2 Å². The monoisotopic (exact) mass is 427 g/mol. The second-order valence-electron chi connectivity index (χ2n) is 7.82. The number of aromatic nitrogens is 2. The molecule has 0 aliphatic carbocycles. The van der Waals surface area contributed by atoms with E-state index >= 15 is 0 Å². The highest BCUT2D eigenvalue weighted by Gasteiger charge is 2.13. The molecule has 0 spiro atoms. The van der Waals surface area contributed by atoms with Crippen molar-refractivity contribution in [3.63, 3.8) is 0 Å². The van der Waals surface area contributed by atoms with E-state index in [9.17, 15) is 0 Å². The largest absolute Gasteiger partial charge is 0.486 e. The van der Waals surface area contributed by atoms with Crippen LogP contribution in [0.5, 0.6) is 5.75 Å². The van der Waals surface area contributed by atoms with Gasteiger partial charge in [-0.05, 0) is 69.2 Å². The van der Waals surface area contributed by atoms with Crippen molar-refractivity contribution < 1.29 is 4.74 Å². The average Bonchev–Trinajstić information content (AvgIpc) is 3.11. The summed E-state index contributed by atoms with van der Waals surface area (Å²) in [6.07, 6.45) is 6.13. The van der Waals surface area contributed by atoms with E-state index in [0.29, 0.717) is 11.6 Å². The molecule has 0 aliphatic heterocycles. The molecule has 0 fully saturated rings. The van der Waals surface area contributed by atoms with E-state index in [4.69, 9.17) is 21.3 Å². The van der Waals surface area contributed by atoms with Crippen molar-refractivity contribution in [2.45, 2.75) is 59.1 Å². The second kappa shape index (κ2) is 12.0. The van der Waals surface area contributed by atoms with Gasteiger partial charge in [0, 0.05) is 11.6 Å². The Morgan fingerprint density at radius 2 is 1.63 bits per heavy atom. The van der Waals surface area contributed by atoms with Crippen LogP contribution in [-0.2, 0) is 13.2 Å². The van der Waals surface area contributed by atoms with Crippen molar-refractivity contribution in [3.05, 3.63) is 59.4 Å². The smallest absolute Gasteiger partial charge is 0.147 e. The van der Waals surface area contributed by atoms with Gasteiger partial charge in [-0.1, -0.05) is 56.5 Å². The number of rotatable bonds is 13. The minimum atomic E-state index is 0.450. The molecule has 162 valence electrons. The van der Waals surface area contributed by atoms with E-state index in [1.165, 1.54) is 38.8 Å². The Balaban J connectivity index is 1.70. The fourth-order valence-electron chi connectivity index (χ4n) is 3.73. The number of ether oxygens (including phenoxy) is 1. The Morgan fingerprint density at radius 1 is 0.933 bits per heavy atom. The van der Waals surface area contributed by atoms with Crippen LogP contribution in [0, 0.1) is 0 Å². The summed E-state index contributed by atoms with van der Waals surface area (Å²) < 4.78 is 8.30. The Morgan fingerprint density at radius 3 is 2.33 bits per heavy atom. The molecule has 1 heterocycles. The lowest BCUT2D eigenvalue weighted by atomic mass is 10.2. The van der Waals surface area contributed by atoms with Crippen molar-refractivity contribution in [1.29, 1.82) is 0 Å². The van der Waals surface area contributed by atoms with Crippen molar-refractivity contribution in [1.82, 2.24) is 14.5 Å². The quantitative estimate of drug-likeness (QED) is 0.309. The summed E-state index contributed by atoms with van der Waals surface area (Å²) in [5.74, 6) is 1.81. The summed E-state index contributed by atoms with van der Waals surface area (Å²) in [5.41, 5.74) is 2.06. The summed E-state index contributed by atoms with van der Waals surface area (Å²) in [6.45, 7) is 9.42. The third-order valence-electron chi connectivity index (χ3n) is 5.41. The minimum absolute atomic E-state index is 0.450. The standard InChI is InChI=1S/C25H34ClN3O/c1-3-5-15-28(16-6-4-2)17-10-18-29-24-14-13-21(26)19-23(24)27-25(29)20-30-22-11-8-7-9-12-22/h7-9,11-14,19H,3-6,10,15-18,20H2,1-2H3. The first-order valence-electron chi connectivity index (χ1n) is 11.3. The molecule has 0 N–H and O–H groups in total. The van der Waals surface area contributed by atoms with Crippen LogP contribution in [0.2, 0.25) is 5.02 Å². The zero-order valence-electron chi connectivity index (χ0n) is 18.3. The van der Waals surface area contributed by atoms with Crippen molar-refractivity contribution in [2.75, 3.05) is 19.6 Å². The maximum absolute atomic E-state index is 6.21. The Kier molecular flexibility index (Phi) is 9.03. The molecule has 5 heteroatoms. The normalized spacial score (nSPS) is 11.5. The van der Waals surface area contributed by atoms with Crippen molar-refractivity contribution >= 4 is 22.6 Å². The number of unbranched alkanes of at least 4 members (excludes halogenated alkanes) is 2. The fourth-order valence-corrected chi connectivity index (χ4v) is 3.89. The highest BCUT2D eigenvalue weighted by molar-refractivity contribution is 6.31. The van der Waals surface area contributed by atoms with Crippen LogP contribution in [0.4, 0.5) is 0 Å². The van der Waals surface area contributed by atoms with Crippen LogP contribution in [0.15, 0.2) is 48.5 Å². The molecule has 3 aromatic rings. The van der Waals surface area contributed by atoms with Crippen LogP contribution in [0.1, 0.15) is 51.8 Å². The van der Waals surface area contributed by atoms with E-state index in [-0.39, 0.29) is 0 Å². The number of benzene rings is 2. The van der Waals surface area contributed by atoms with Crippen molar-refractivity contribution in [2.24, 2.45) is 0 Å². The van der Waals surface area contributed by atoms with Crippen LogP contribution in [-0.4, -0.2) is 34.1 Å². The molecule has 1 aromatic heterocycles. The summed E-state index contributed by atoms with van der Waals surface area (Å²) in [6, 6.07) is 15.9. The van der Waals surface area contributed by atoms with Gasteiger partial charge in [-0.3, -0.25) is 0 Å². The Labute approximate surface area is 185 Å². The van der Waals surface area contributed by atoms with E-state index < -0.39 is 0 Å². The molecule has 0 atom stereocenters. The summed E-state index contributed by atoms with van der Waals surface area (Å²) in [4.78, 5) is 7.44. The lowest BCUT2D eigenvalue weighted by Crippen LogP contribution is -2.28. The highest BCUT2D eigenvalue weighted by atomic mass is 35.5. The van der Waals surface area contributed by atoms with E-state index in [0.717, 1.165) is 42.1 Å². The van der Waals surface area contributed by atoms with Gasteiger partial charge in [0.1, 0.15) is 18.2 Å². The van der Waals surface area contributed by atoms with E-state index in [1.807, 2.05) is 42.5 Å². The molecule has 0 radical (unpaired) electrons. The lowest BCUT2D eigenvalue weighted by Gasteiger charge is -2.22. The number of nitrogens with zero attached hydrogens (tertiary/aromatic N) is 3. The number of hydrogen-bond donors (Lipinski definition) is 0. The number of halogens is 1. The highest BCUT2D eigenvalue weighted by Crippen LogP contribution is 2.22. The zero-order valence-corrected chi connectivity index (χ0v) is 19.1. The number of fused-ring (bicyclic) bond motifs is 1. The average molecular weight is 428 g/mol. The van der Waals surface area contributed by atoms with Crippen LogP contribution in [0.3, 0.4) is 0 Å². The van der Waals surface area contributed by atoms with Gasteiger partial charge in [0.05, 0.1) is 11.0 Å². The Hall–Kier alpha value is -2.04. The number of imidazole rings is 1. The summed E-state index contributed by atoms with van der Waals surface area (Å²) in [7, 11) is 0. The molecule has 2 aromatic carbocycles. The molecule has 0 bridgehead atoms. The van der Waals surface area contributed by atoms with Gasteiger partial charge in [-0.2, -0.15) is 0 Å². The molecule has 0 saturated carbocycles. The van der Waals surface area contributed by atoms with E-state index in [2.05, 4.69) is 29.4 Å². The number of para-hydroxylation sites is 1. The number of hydrogen-bond acceptors (Lipinski definition) is 3. The van der Waals surface area contributed by atoms with Crippen LogP contribution in [0.25, 0.3) is 11.0 Å². The molecule has 0 amide bonds. The first-order chi connectivity index (χ1) is 14.7. The van der Waals surface area contributed by atoms with E-state index in [1.54, 1.807) is 0 Å². The first-order valence-corrected chi connectivity index (χ1v) is 11.6. The molecular weight excluding hydrogens is 394 g/mol. The Bertz CT molecular complexity index is 886.